The molecule has 0 aromatic carbocycles. The van der Waals surface area contributed by atoms with Crippen molar-refractivity contribution in [1.82, 2.24) is 4.90 Å². The van der Waals surface area contributed by atoms with Crippen LogP contribution in [0, 0.1) is 0 Å². The minimum atomic E-state index is -2.70. The largest absolute Gasteiger partial charge is 0.481 e. The molecular formula is C9H19NO8. The van der Waals surface area contributed by atoms with Gasteiger partial charge in [-0.3, -0.25) is 9.69 Å². The van der Waals surface area contributed by atoms with Gasteiger partial charge >= 0.3 is 5.97 Å². The fraction of sp³-hybridized carbons (Fsp3) is 0.889. The van der Waals surface area contributed by atoms with E-state index >= 15 is 0 Å². The van der Waals surface area contributed by atoms with Crippen molar-refractivity contribution >= 4 is 5.97 Å². The Morgan fingerprint density at radius 2 is 1.72 bits per heavy atom. The minimum absolute atomic E-state index is 0.515. The molecule has 3 atom stereocenters. The van der Waals surface area contributed by atoms with E-state index < -0.39 is 49.8 Å². The zero-order valence-corrected chi connectivity index (χ0v) is 9.84. The van der Waals surface area contributed by atoms with Crippen molar-refractivity contribution in [3.8, 4) is 0 Å². The highest BCUT2D eigenvalue weighted by Gasteiger charge is 2.35. The summed E-state index contributed by atoms with van der Waals surface area (Å²) < 4.78 is 0. The van der Waals surface area contributed by atoms with Gasteiger partial charge in [0.05, 0.1) is 12.7 Å². The van der Waals surface area contributed by atoms with Crippen LogP contribution in [0.4, 0.5) is 0 Å². The molecule has 9 nitrogen and oxygen atoms in total. The maximum Gasteiger partial charge on any atom is 0.310 e. The van der Waals surface area contributed by atoms with Crippen LogP contribution in [0.25, 0.3) is 0 Å². The zero-order chi connectivity index (χ0) is 14.5. The fourth-order valence-electron chi connectivity index (χ4n) is 1.24. The van der Waals surface area contributed by atoms with Crippen molar-refractivity contribution in [3.05, 3.63) is 0 Å². The van der Waals surface area contributed by atoms with Crippen LogP contribution in [0.3, 0.4) is 0 Å². The molecule has 0 heterocycles. The van der Waals surface area contributed by atoms with E-state index in [1.807, 2.05) is 0 Å². The minimum Gasteiger partial charge on any atom is -0.481 e. The molecule has 0 radical (unpaired) electrons. The van der Waals surface area contributed by atoms with E-state index in [1.165, 1.54) is 0 Å². The van der Waals surface area contributed by atoms with E-state index in [1.54, 1.807) is 0 Å². The molecule has 0 aromatic rings. The van der Waals surface area contributed by atoms with E-state index in [4.69, 9.17) is 15.3 Å². The normalized spacial score (nSPS) is 17.6. The second-order valence-electron chi connectivity index (χ2n) is 4.03. The maximum absolute atomic E-state index is 10.4. The molecule has 0 saturated carbocycles. The standard InChI is InChI=1S/C9H19NO8/c1-10(9(17,18)2-7(14)15)3-5(12)8(16)6(13)4-11/h5-6,8,11-13,16-18H,2-4H2,1H3,(H,14,15). The lowest BCUT2D eigenvalue weighted by Gasteiger charge is -2.33. The number of carbonyl (C=O) groups is 1. The van der Waals surface area contributed by atoms with Crippen LogP contribution >= 0.6 is 0 Å². The van der Waals surface area contributed by atoms with Crippen molar-refractivity contribution in [3.63, 3.8) is 0 Å². The predicted molar refractivity (Wildman–Crippen MR) is 57.2 cm³/mol. The highest BCUT2D eigenvalue weighted by molar-refractivity contribution is 5.67. The third-order valence-corrected chi connectivity index (χ3v) is 2.44. The van der Waals surface area contributed by atoms with Crippen LogP contribution in [0.1, 0.15) is 6.42 Å². The van der Waals surface area contributed by atoms with Gasteiger partial charge in [-0.25, -0.2) is 0 Å². The fourth-order valence-corrected chi connectivity index (χ4v) is 1.24. The van der Waals surface area contributed by atoms with Gasteiger partial charge in [0.25, 0.3) is 0 Å². The summed E-state index contributed by atoms with van der Waals surface area (Å²) in [6, 6.07) is 0. The number of hydrogen-bond acceptors (Lipinski definition) is 8. The lowest BCUT2D eigenvalue weighted by atomic mass is 10.1. The number of rotatable bonds is 8. The quantitative estimate of drug-likeness (QED) is 0.218. The molecule has 18 heavy (non-hydrogen) atoms. The molecule has 0 aliphatic carbocycles. The summed E-state index contributed by atoms with van der Waals surface area (Å²) in [5, 5.41) is 63.6. The number of aliphatic carboxylic acids is 1. The molecule has 9 heteroatoms. The number of aliphatic hydroxyl groups excluding tert-OH is 4. The summed E-state index contributed by atoms with van der Waals surface area (Å²) in [7, 11) is 1.12. The summed E-state index contributed by atoms with van der Waals surface area (Å²) in [6.07, 6.45) is -5.88. The Morgan fingerprint density at radius 1 is 1.22 bits per heavy atom. The van der Waals surface area contributed by atoms with E-state index in [0.717, 1.165) is 7.05 Å². The summed E-state index contributed by atoms with van der Waals surface area (Å²) in [4.78, 5) is 11.1. The first-order chi connectivity index (χ1) is 8.11. The first-order valence-corrected chi connectivity index (χ1v) is 5.14. The molecule has 0 aromatic heterocycles. The molecule has 108 valence electrons. The van der Waals surface area contributed by atoms with E-state index in [0.29, 0.717) is 4.90 Å². The highest BCUT2D eigenvalue weighted by atomic mass is 16.5. The Kier molecular flexibility index (Phi) is 6.63. The molecule has 0 bridgehead atoms. The van der Waals surface area contributed by atoms with Gasteiger partial charge < -0.3 is 35.7 Å². The average Bonchev–Trinajstić information content (AvgIpc) is 2.24. The van der Waals surface area contributed by atoms with Crippen LogP contribution in [-0.2, 0) is 4.79 Å². The smallest absolute Gasteiger partial charge is 0.310 e. The molecule has 7 N–H and O–H groups in total. The van der Waals surface area contributed by atoms with Gasteiger partial charge in [-0.1, -0.05) is 0 Å². The first-order valence-electron chi connectivity index (χ1n) is 5.14. The third kappa shape index (κ3) is 5.23. The molecule has 0 saturated heterocycles. The van der Waals surface area contributed by atoms with Crippen LogP contribution in [0.15, 0.2) is 0 Å². The number of likely N-dealkylation sites (N-methyl/N-ethyl adjacent to an activating group) is 1. The van der Waals surface area contributed by atoms with Gasteiger partial charge in [-0.2, -0.15) is 0 Å². The molecule has 0 spiro atoms. The second kappa shape index (κ2) is 6.95. The van der Waals surface area contributed by atoms with E-state index in [-0.39, 0.29) is 0 Å². The van der Waals surface area contributed by atoms with Gasteiger partial charge in [0.2, 0.25) is 5.91 Å². The predicted octanol–water partition coefficient (Wildman–Crippen LogP) is -3.89. The maximum atomic E-state index is 10.4. The van der Waals surface area contributed by atoms with E-state index in [9.17, 15) is 25.2 Å². The van der Waals surface area contributed by atoms with Gasteiger partial charge in [0.15, 0.2) is 0 Å². The third-order valence-electron chi connectivity index (χ3n) is 2.44. The number of carboxylic acids is 1. The molecule has 3 unspecified atom stereocenters. The number of carboxylic acid groups (broad SMARTS) is 1. The Labute approximate surface area is 103 Å². The monoisotopic (exact) mass is 269 g/mol. The van der Waals surface area contributed by atoms with Crippen LogP contribution < -0.4 is 0 Å². The average molecular weight is 269 g/mol. The SMILES string of the molecule is CN(CC(O)C(O)C(O)CO)C(O)(O)CC(=O)O. The van der Waals surface area contributed by atoms with Crippen molar-refractivity contribution in [2.45, 2.75) is 30.6 Å². The summed E-state index contributed by atoms with van der Waals surface area (Å²) >= 11 is 0. The van der Waals surface area contributed by atoms with Crippen molar-refractivity contribution < 1.29 is 40.5 Å². The van der Waals surface area contributed by atoms with Crippen molar-refractivity contribution in [2.24, 2.45) is 0 Å². The molecule has 0 rings (SSSR count). The topological polar surface area (TPSA) is 162 Å². The summed E-state index contributed by atoms with van der Waals surface area (Å²) in [5.74, 6) is -4.16. The molecule has 0 aliphatic rings. The number of aliphatic hydroxyl groups is 6. The van der Waals surface area contributed by atoms with Crippen LogP contribution in [0.5, 0.6) is 0 Å². The highest BCUT2D eigenvalue weighted by Crippen LogP contribution is 2.13. The Hall–Kier alpha value is -0.810. The lowest BCUT2D eigenvalue weighted by Crippen LogP contribution is -2.53. The second-order valence-corrected chi connectivity index (χ2v) is 4.03. The van der Waals surface area contributed by atoms with Crippen molar-refractivity contribution in [1.29, 1.82) is 0 Å². The zero-order valence-electron chi connectivity index (χ0n) is 9.84. The molecule has 0 amide bonds. The lowest BCUT2D eigenvalue weighted by molar-refractivity contribution is -0.266. The van der Waals surface area contributed by atoms with Gasteiger partial charge in [-0.05, 0) is 7.05 Å². The van der Waals surface area contributed by atoms with Gasteiger partial charge in [-0.15, -0.1) is 0 Å². The first kappa shape index (κ1) is 17.2. The summed E-state index contributed by atoms with van der Waals surface area (Å²) in [5.41, 5.74) is 0. The van der Waals surface area contributed by atoms with E-state index in [2.05, 4.69) is 0 Å². The number of nitrogens with zero attached hydrogens (tertiary/aromatic N) is 1. The summed E-state index contributed by atoms with van der Waals surface area (Å²) in [6.45, 7) is -1.29. The Balaban J connectivity index is 4.46. The van der Waals surface area contributed by atoms with Crippen LogP contribution in [-0.4, -0.2) is 91.0 Å². The Bertz CT molecular complexity index is 271. The van der Waals surface area contributed by atoms with Gasteiger partial charge in [0.1, 0.15) is 18.6 Å². The van der Waals surface area contributed by atoms with Gasteiger partial charge in [0, 0.05) is 6.54 Å². The molecule has 0 aliphatic heterocycles. The molecule has 0 fully saturated rings. The van der Waals surface area contributed by atoms with Crippen LogP contribution in [0.2, 0.25) is 0 Å². The Morgan fingerprint density at radius 3 is 2.11 bits per heavy atom. The van der Waals surface area contributed by atoms with Crippen molar-refractivity contribution in [2.75, 3.05) is 20.2 Å². The molecular weight excluding hydrogens is 250 g/mol. The number of hydrogen-bond donors (Lipinski definition) is 7.